The lowest BCUT2D eigenvalue weighted by Gasteiger charge is -2.43. The first kappa shape index (κ1) is 22.2. The number of halogens is 4. The van der Waals surface area contributed by atoms with Crippen LogP contribution in [0.5, 0.6) is 0 Å². The van der Waals surface area contributed by atoms with Crippen LogP contribution in [0.1, 0.15) is 47.8 Å². The molecule has 7 heteroatoms. The van der Waals surface area contributed by atoms with E-state index in [1.165, 1.54) is 12.1 Å². The number of benzene rings is 2. The highest BCUT2D eigenvalue weighted by atomic mass is 35.5. The molecular formula is C21H24ClF3N2O. The van der Waals surface area contributed by atoms with E-state index >= 15 is 0 Å². The van der Waals surface area contributed by atoms with Crippen molar-refractivity contribution in [3.63, 3.8) is 0 Å². The molecule has 2 rings (SSSR count). The Hall–Kier alpha value is -2.05. The normalized spacial score (nSPS) is 15.2. The van der Waals surface area contributed by atoms with E-state index in [0.29, 0.717) is 6.42 Å². The third kappa shape index (κ3) is 4.50. The monoisotopic (exact) mass is 412 g/mol. The molecule has 0 heterocycles. The number of nitrogens with one attached hydrogen (secondary N) is 1. The molecule has 2 aromatic carbocycles. The molecule has 0 saturated carbocycles. The quantitative estimate of drug-likeness (QED) is 0.673. The summed E-state index contributed by atoms with van der Waals surface area (Å²) >= 11 is 5.94. The standard InChI is InChI=1S/C21H24ClF3N2O/c1-5-20(2,27(3)4)18(14-10-7-6-8-11-14)26-19(28)15-12-9-13-16(17(15)22)21(23,24)25/h6-13,18H,5H2,1-4H3,(H,26,28). The van der Waals surface area contributed by atoms with Gasteiger partial charge in [0.15, 0.2) is 0 Å². The second-order valence-electron chi connectivity index (χ2n) is 7.09. The number of carbonyl (C=O) groups is 1. The van der Waals surface area contributed by atoms with E-state index in [1.807, 2.05) is 63.2 Å². The molecule has 0 bridgehead atoms. The summed E-state index contributed by atoms with van der Waals surface area (Å²) in [5.74, 6) is -0.647. The maximum Gasteiger partial charge on any atom is 0.417 e. The third-order valence-electron chi connectivity index (χ3n) is 5.32. The second-order valence-corrected chi connectivity index (χ2v) is 7.47. The number of amides is 1. The van der Waals surface area contributed by atoms with Gasteiger partial charge in [-0.2, -0.15) is 13.2 Å². The lowest BCUT2D eigenvalue weighted by molar-refractivity contribution is -0.137. The van der Waals surface area contributed by atoms with Gasteiger partial charge in [0.25, 0.3) is 5.91 Å². The Morgan fingerprint density at radius 1 is 1.11 bits per heavy atom. The Balaban J connectivity index is 2.47. The molecule has 2 aromatic rings. The van der Waals surface area contributed by atoms with Crippen LogP contribution in [0.2, 0.25) is 5.02 Å². The number of carbonyl (C=O) groups excluding carboxylic acids is 1. The summed E-state index contributed by atoms with van der Waals surface area (Å²) in [5, 5.41) is 2.31. The molecule has 1 amide bonds. The smallest absolute Gasteiger partial charge is 0.343 e. The lowest BCUT2D eigenvalue weighted by Crippen LogP contribution is -2.52. The minimum absolute atomic E-state index is 0.199. The first-order valence-corrected chi connectivity index (χ1v) is 9.29. The van der Waals surface area contributed by atoms with Crippen molar-refractivity contribution in [3.8, 4) is 0 Å². The maximum absolute atomic E-state index is 13.1. The topological polar surface area (TPSA) is 32.3 Å². The van der Waals surface area contributed by atoms with Crippen LogP contribution in [-0.2, 0) is 6.18 Å². The maximum atomic E-state index is 13.1. The predicted octanol–water partition coefficient (Wildman–Crippen LogP) is 5.56. The molecule has 0 aliphatic heterocycles. The molecule has 2 unspecified atom stereocenters. The molecule has 152 valence electrons. The van der Waals surface area contributed by atoms with Crippen molar-refractivity contribution >= 4 is 17.5 Å². The predicted molar refractivity (Wildman–Crippen MR) is 105 cm³/mol. The van der Waals surface area contributed by atoms with Crippen molar-refractivity contribution in [1.82, 2.24) is 10.2 Å². The number of likely N-dealkylation sites (N-methyl/N-ethyl adjacent to an activating group) is 1. The Morgan fingerprint density at radius 2 is 1.71 bits per heavy atom. The largest absolute Gasteiger partial charge is 0.417 e. The average molecular weight is 413 g/mol. The summed E-state index contributed by atoms with van der Waals surface area (Å²) in [4.78, 5) is 14.9. The van der Waals surface area contributed by atoms with E-state index in [-0.39, 0.29) is 5.56 Å². The minimum atomic E-state index is -4.63. The van der Waals surface area contributed by atoms with Crippen molar-refractivity contribution in [3.05, 3.63) is 70.2 Å². The van der Waals surface area contributed by atoms with Gasteiger partial charge >= 0.3 is 6.18 Å². The van der Waals surface area contributed by atoms with Crippen molar-refractivity contribution in [2.45, 2.75) is 38.0 Å². The van der Waals surface area contributed by atoms with Crippen LogP contribution in [0.25, 0.3) is 0 Å². The van der Waals surface area contributed by atoms with Crippen molar-refractivity contribution in [2.75, 3.05) is 14.1 Å². The SMILES string of the molecule is CCC(C)(C(NC(=O)c1cccc(C(F)(F)F)c1Cl)c1ccccc1)N(C)C. The van der Waals surface area contributed by atoms with Gasteiger partial charge in [0, 0.05) is 5.54 Å². The molecule has 1 N–H and O–H groups in total. The molecular weight excluding hydrogens is 389 g/mol. The van der Waals surface area contributed by atoms with E-state index in [4.69, 9.17) is 11.6 Å². The number of rotatable bonds is 6. The fourth-order valence-corrected chi connectivity index (χ4v) is 3.48. The van der Waals surface area contributed by atoms with Gasteiger partial charge in [0.05, 0.1) is 22.2 Å². The van der Waals surface area contributed by atoms with Crippen LogP contribution >= 0.6 is 11.6 Å². The zero-order chi connectivity index (χ0) is 21.1. The molecule has 2 atom stereocenters. The number of alkyl halides is 3. The van der Waals surface area contributed by atoms with Crippen LogP contribution < -0.4 is 5.32 Å². The third-order valence-corrected chi connectivity index (χ3v) is 5.72. The summed E-state index contributed by atoms with van der Waals surface area (Å²) in [6.45, 7) is 4.00. The summed E-state index contributed by atoms with van der Waals surface area (Å²) in [7, 11) is 3.81. The van der Waals surface area contributed by atoms with Crippen LogP contribution in [-0.4, -0.2) is 30.4 Å². The van der Waals surface area contributed by atoms with Crippen LogP contribution in [0.3, 0.4) is 0 Å². The van der Waals surface area contributed by atoms with E-state index < -0.39 is 34.3 Å². The van der Waals surface area contributed by atoms with E-state index in [9.17, 15) is 18.0 Å². The zero-order valence-corrected chi connectivity index (χ0v) is 17.0. The summed E-state index contributed by atoms with van der Waals surface area (Å²) < 4.78 is 39.4. The van der Waals surface area contributed by atoms with Gasteiger partial charge in [-0.15, -0.1) is 0 Å². The molecule has 28 heavy (non-hydrogen) atoms. The van der Waals surface area contributed by atoms with Crippen molar-refractivity contribution in [2.24, 2.45) is 0 Å². The van der Waals surface area contributed by atoms with Gasteiger partial charge in [0.1, 0.15) is 0 Å². The van der Waals surface area contributed by atoms with Crippen LogP contribution in [0.4, 0.5) is 13.2 Å². The Labute approximate surface area is 168 Å². The first-order chi connectivity index (χ1) is 13.0. The van der Waals surface area contributed by atoms with E-state index in [2.05, 4.69) is 5.32 Å². The molecule has 0 saturated heterocycles. The lowest BCUT2D eigenvalue weighted by atomic mass is 9.83. The summed E-state index contributed by atoms with van der Waals surface area (Å²) in [6.07, 6.45) is -3.93. The number of nitrogens with zero attached hydrogens (tertiary/aromatic N) is 1. The van der Waals surface area contributed by atoms with Gasteiger partial charge in [-0.25, -0.2) is 0 Å². The van der Waals surface area contributed by atoms with Gasteiger partial charge < -0.3 is 10.2 Å². The van der Waals surface area contributed by atoms with Gasteiger partial charge in [-0.05, 0) is 45.1 Å². The molecule has 0 spiro atoms. The highest BCUT2D eigenvalue weighted by Crippen LogP contribution is 2.37. The fourth-order valence-electron chi connectivity index (χ4n) is 3.16. The Morgan fingerprint density at radius 3 is 2.21 bits per heavy atom. The van der Waals surface area contributed by atoms with E-state index in [0.717, 1.165) is 11.6 Å². The molecule has 0 aliphatic carbocycles. The highest BCUT2D eigenvalue weighted by Gasteiger charge is 2.38. The molecule has 0 fully saturated rings. The van der Waals surface area contributed by atoms with Gasteiger partial charge in [-0.3, -0.25) is 4.79 Å². The molecule has 3 nitrogen and oxygen atoms in total. The number of hydrogen-bond donors (Lipinski definition) is 1. The minimum Gasteiger partial charge on any atom is -0.343 e. The van der Waals surface area contributed by atoms with Gasteiger partial charge in [-0.1, -0.05) is 54.9 Å². The fraction of sp³-hybridized carbons (Fsp3) is 0.381. The summed E-state index contributed by atoms with van der Waals surface area (Å²) in [6, 6.07) is 12.3. The molecule has 0 aromatic heterocycles. The van der Waals surface area contributed by atoms with Crippen molar-refractivity contribution < 1.29 is 18.0 Å². The number of hydrogen-bond acceptors (Lipinski definition) is 2. The van der Waals surface area contributed by atoms with Crippen LogP contribution in [0, 0.1) is 0 Å². The average Bonchev–Trinajstić information content (AvgIpc) is 2.65. The van der Waals surface area contributed by atoms with Crippen LogP contribution in [0.15, 0.2) is 48.5 Å². The molecule has 0 radical (unpaired) electrons. The summed E-state index contributed by atoms with van der Waals surface area (Å²) in [5.41, 5.74) is -0.832. The zero-order valence-electron chi connectivity index (χ0n) is 16.3. The van der Waals surface area contributed by atoms with Crippen molar-refractivity contribution in [1.29, 1.82) is 0 Å². The van der Waals surface area contributed by atoms with Gasteiger partial charge in [0.2, 0.25) is 0 Å². The highest BCUT2D eigenvalue weighted by molar-refractivity contribution is 6.34. The van der Waals surface area contributed by atoms with E-state index in [1.54, 1.807) is 0 Å². The Kier molecular flexibility index (Phi) is 6.78. The first-order valence-electron chi connectivity index (χ1n) is 8.91. The Bertz CT molecular complexity index is 824. The second kappa shape index (κ2) is 8.53. The molecule has 0 aliphatic rings.